The van der Waals surface area contributed by atoms with Gasteiger partial charge in [-0.25, -0.2) is 0 Å². The molecule has 28 heavy (non-hydrogen) atoms. The van der Waals surface area contributed by atoms with Crippen LogP contribution in [0.1, 0.15) is 42.5 Å². The summed E-state index contributed by atoms with van der Waals surface area (Å²) in [4.78, 5) is 15.7. The fourth-order valence-corrected chi connectivity index (χ4v) is 5.13. The minimum absolute atomic E-state index is 0.00336. The largest absolute Gasteiger partial charge is 0.383 e. The molecule has 0 bridgehead atoms. The summed E-state index contributed by atoms with van der Waals surface area (Å²) in [5, 5.41) is 4.79. The van der Waals surface area contributed by atoms with Crippen molar-refractivity contribution in [1.82, 2.24) is 14.8 Å². The van der Waals surface area contributed by atoms with Gasteiger partial charge in [0.1, 0.15) is 0 Å². The summed E-state index contributed by atoms with van der Waals surface area (Å²) < 4.78 is 7.29. The fourth-order valence-electron chi connectivity index (χ4n) is 4.96. The first kappa shape index (κ1) is 19.7. The van der Waals surface area contributed by atoms with Crippen LogP contribution in [0.3, 0.4) is 0 Å². The number of nitrogens with zero attached hydrogens (tertiary/aromatic N) is 2. The number of fused-ring (bicyclic) bond motifs is 2. The molecule has 0 radical (unpaired) electrons. The predicted octanol–water partition coefficient (Wildman–Crippen LogP) is 3.94. The molecule has 0 unspecified atom stereocenters. The monoisotopic (exact) mass is 403 g/mol. The molecule has 6 heteroatoms. The molecule has 1 aromatic carbocycles. The zero-order valence-electron chi connectivity index (χ0n) is 16.6. The number of amides is 1. The van der Waals surface area contributed by atoms with Crippen molar-refractivity contribution in [2.75, 3.05) is 33.4 Å². The van der Waals surface area contributed by atoms with Gasteiger partial charge in [-0.3, -0.25) is 4.79 Å². The van der Waals surface area contributed by atoms with Crippen LogP contribution < -0.4 is 5.32 Å². The molecular weight excluding hydrogens is 374 g/mol. The second-order valence-electron chi connectivity index (χ2n) is 8.10. The summed E-state index contributed by atoms with van der Waals surface area (Å²) in [5.74, 6) is 0.555. The van der Waals surface area contributed by atoms with Crippen LogP contribution in [0, 0.1) is 5.92 Å². The van der Waals surface area contributed by atoms with Gasteiger partial charge in [0.25, 0.3) is 5.91 Å². The first-order valence-electron chi connectivity index (χ1n) is 10.5. The van der Waals surface area contributed by atoms with Crippen LogP contribution in [-0.2, 0) is 11.3 Å². The summed E-state index contributed by atoms with van der Waals surface area (Å²) in [6.45, 7) is 4.52. The van der Waals surface area contributed by atoms with Crippen LogP contribution in [0.2, 0.25) is 5.02 Å². The summed E-state index contributed by atoms with van der Waals surface area (Å²) >= 11 is 6.21. The van der Waals surface area contributed by atoms with E-state index in [2.05, 4.69) is 14.8 Å². The van der Waals surface area contributed by atoms with Crippen molar-refractivity contribution in [2.45, 2.75) is 44.7 Å². The minimum atomic E-state index is -0.00336. The van der Waals surface area contributed by atoms with E-state index in [9.17, 15) is 4.79 Å². The Morgan fingerprint density at radius 1 is 1.25 bits per heavy atom. The summed E-state index contributed by atoms with van der Waals surface area (Å²) in [6, 6.07) is 6.37. The Labute approximate surface area is 172 Å². The Morgan fingerprint density at radius 2 is 2.11 bits per heavy atom. The van der Waals surface area contributed by atoms with Crippen LogP contribution in [0.5, 0.6) is 0 Å². The number of carbonyl (C=O) groups excluding carboxylic acids is 1. The standard InChI is InChI=1S/C22H30ClN3O2/c1-28-12-11-26-15-19(18-13-17(23)7-8-21(18)26)22(27)24-14-16-5-4-10-25-9-3-2-6-20(16)25/h7-8,13,15-16,20H,2-6,9-12,14H2,1H3,(H,24,27)/t16-,20+/m0/s1. The molecule has 4 rings (SSSR count). The van der Waals surface area contributed by atoms with Crippen LogP contribution >= 0.6 is 11.6 Å². The molecule has 152 valence electrons. The maximum absolute atomic E-state index is 13.0. The summed E-state index contributed by atoms with van der Waals surface area (Å²) in [6.07, 6.45) is 8.29. The predicted molar refractivity (Wildman–Crippen MR) is 113 cm³/mol. The fraction of sp³-hybridized carbons (Fsp3) is 0.591. The molecule has 1 N–H and O–H groups in total. The van der Waals surface area contributed by atoms with Crippen LogP contribution in [0.4, 0.5) is 0 Å². The highest BCUT2D eigenvalue weighted by atomic mass is 35.5. The van der Waals surface area contributed by atoms with Gasteiger partial charge in [-0.15, -0.1) is 0 Å². The number of halogens is 1. The van der Waals surface area contributed by atoms with Gasteiger partial charge in [-0.05, 0) is 62.9 Å². The quantitative estimate of drug-likeness (QED) is 0.794. The highest BCUT2D eigenvalue weighted by Gasteiger charge is 2.33. The molecule has 0 saturated carbocycles. The molecule has 2 saturated heterocycles. The number of hydrogen-bond acceptors (Lipinski definition) is 3. The molecule has 3 heterocycles. The van der Waals surface area contributed by atoms with Crippen LogP contribution in [0.25, 0.3) is 10.9 Å². The molecule has 1 aromatic heterocycles. The molecular formula is C22H30ClN3O2. The summed E-state index contributed by atoms with van der Waals surface area (Å²) in [5.41, 5.74) is 1.72. The maximum Gasteiger partial charge on any atom is 0.253 e. The number of piperidine rings is 2. The highest BCUT2D eigenvalue weighted by Crippen LogP contribution is 2.31. The Bertz CT molecular complexity index is 833. The zero-order chi connectivity index (χ0) is 19.5. The number of nitrogens with one attached hydrogen (secondary N) is 1. The van der Waals surface area contributed by atoms with E-state index in [1.807, 2.05) is 24.4 Å². The normalized spacial score (nSPS) is 22.9. The molecule has 2 fully saturated rings. The number of aromatic nitrogens is 1. The van der Waals surface area contributed by atoms with Gasteiger partial charge in [0.15, 0.2) is 0 Å². The molecule has 2 aromatic rings. The van der Waals surface area contributed by atoms with Crippen LogP contribution in [0.15, 0.2) is 24.4 Å². The highest BCUT2D eigenvalue weighted by molar-refractivity contribution is 6.31. The van der Waals surface area contributed by atoms with Crippen molar-refractivity contribution in [3.8, 4) is 0 Å². The molecule has 5 nitrogen and oxygen atoms in total. The minimum Gasteiger partial charge on any atom is -0.383 e. The third kappa shape index (κ3) is 4.07. The van der Waals surface area contributed by atoms with Crippen molar-refractivity contribution >= 4 is 28.4 Å². The molecule has 2 atom stereocenters. The topological polar surface area (TPSA) is 46.5 Å². The number of hydrogen-bond donors (Lipinski definition) is 1. The van der Waals surface area contributed by atoms with Crippen LogP contribution in [-0.4, -0.2) is 54.8 Å². The SMILES string of the molecule is COCCn1cc(C(=O)NC[C@@H]2CCCN3CCCC[C@H]23)c2cc(Cl)ccc21. The average molecular weight is 404 g/mol. The lowest BCUT2D eigenvalue weighted by molar-refractivity contribution is 0.0576. The summed E-state index contributed by atoms with van der Waals surface area (Å²) in [7, 11) is 1.69. The van der Waals surface area contributed by atoms with Crippen molar-refractivity contribution in [1.29, 1.82) is 0 Å². The lowest BCUT2D eigenvalue weighted by Gasteiger charge is -2.44. The van der Waals surface area contributed by atoms with Crippen molar-refractivity contribution in [3.05, 3.63) is 35.0 Å². The second-order valence-corrected chi connectivity index (χ2v) is 8.54. The number of benzene rings is 1. The van der Waals surface area contributed by atoms with E-state index in [1.165, 1.54) is 45.2 Å². The Kier molecular flexibility index (Phi) is 6.24. The smallest absolute Gasteiger partial charge is 0.253 e. The first-order chi connectivity index (χ1) is 13.7. The second kappa shape index (κ2) is 8.85. The maximum atomic E-state index is 13.0. The van der Waals surface area contributed by atoms with Gasteiger partial charge in [0, 0.05) is 48.4 Å². The van der Waals surface area contributed by atoms with E-state index in [-0.39, 0.29) is 5.91 Å². The van der Waals surface area contributed by atoms with Gasteiger partial charge >= 0.3 is 0 Å². The Balaban J connectivity index is 1.49. The number of carbonyl (C=O) groups is 1. The third-order valence-corrected chi connectivity index (χ3v) is 6.61. The van der Waals surface area contributed by atoms with Crippen molar-refractivity contribution < 1.29 is 9.53 Å². The number of ether oxygens (including phenoxy) is 1. The average Bonchev–Trinajstić information content (AvgIpc) is 3.08. The lowest BCUT2D eigenvalue weighted by Crippen LogP contribution is -2.51. The molecule has 0 spiro atoms. The van der Waals surface area contributed by atoms with Gasteiger partial charge in [-0.2, -0.15) is 0 Å². The zero-order valence-corrected chi connectivity index (χ0v) is 17.4. The van der Waals surface area contributed by atoms with Gasteiger partial charge in [0.05, 0.1) is 12.2 Å². The Hall–Kier alpha value is -1.56. The van der Waals surface area contributed by atoms with Crippen molar-refractivity contribution in [3.63, 3.8) is 0 Å². The van der Waals surface area contributed by atoms with E-state index in [4.69, 9.17) is 16.3 Å². The van der Waals surface area contributed by atoms with E-state index >= 15 is 0 Å². The van der Waals surface area contributed by atoms with Gasteiger partial charge < -0.3 is 19.5 Å². The number of methoxy groups -OCH3 is 1. The van der Waals surface area contributed by atoms with Gasteiger partial charge in [-0.1, -0.05) is 18.0 Å². The molecule has 1 amide bonds. The lowest BCUT2D eigenvalue weighted by atomic mass is 9.83. The number of rotatable bonds is 6. The first-order valence-corrected chi connectivity index (χ1v) is 10.8. The van der Waals surface area contributed by atoms with E-state index in [1.54, 1.807) is 7.11 Å². The molecule has 2 aliphatic rings. The van der Waals surface area contributed by atoms with Crippen molar-refractivity contribution in [2.24, 2.45) is 5.92 Å². The van der Waals surface area contributed by atoms with E-state index in [0.29, 0.717) is 35.7 Å². The molecule has 0 aliphatic carbocycles. The Morgan fingerprint density at radius 3 is 2.96 bits per heavy atom. The van der Waals surface area contributed by atoms with E-state index < -0.39 is 0 Å². The third-order valence-electron chi connectivity index (χ3n) is 6.38. The van der Waals surface area contributed by atoms with E-state index in [0.717, 1.165) is 17.4 Å². The van der Waals surface area contributed by atoms with Gasteiger partial charge in [0.2, 0.25) is 0 Å². The molecule has 2 aliphatic heterocycles.